The van der Waals surface area contributed by atoms with Crippen LogP contribution in [0.2, 0.25) is 0 Å². The van der Waals surface area contributed by atoms with Gasteiger partial charge in [-0.25, -0.2) is 0 Å². The highest BCUT2D eigenvalue weighted by Crippen LogP contribution is 2.16. The van der Waals surface area contributed by atoms with Gasteiger partial charge < -0.3 is 9.64 Å². The van der Waals surface area contributed by atoms with Crippen LogP contribution >= 0.6 is 0 Å². The number of aryl methyl sites for hydroxylation is 1. The Labute approximate surface area is 164 Å². The van der Waals surface area contributed by atoms with Crippen molar-refractivity contribution in [2.24, 2.45) is 0 Å². The second-order valence-electron chi connectivity index (χ2n) is 6.87. The third kappa shape index (κ3) is 5.29. The van der Waals surface area contributed by atoms with Crippen LogP contribution in [0.4, 0.5) is 5.69 Å². The van der Waals surface area contributed by atoms with Gasteiger partial charge in [-0.05, 0) is 29.7 Å². The van der Waals surface area contributed by atoms with Crippen molar-refractivity contribution in [1.82, 2.24) is 9.80 Å². The molecule has 3 rings (SSSR count). The largest absolute Gasteiger partial charge is 0.484 e. The van der Waals surface area contributed by atoms with Crippen molar-refractivity contribution in [3.05, 3.63) is 69.8 Å². The van der Waals surface area contributed by atoms with E-state index in [1.807, 2.05) is 35.2 Å². The van der Waals surface area contributed by atoms with E-state index in [4.69, 9.17) is 4.74 Å². The van der Waals surface area contributed by atoms with Crippen LogP contribution in [0.25, 0.3) is 0 Å². The summed E-state index contributed by atoms with van der Waals surface area (Å²) in [4.78, 5) is 26.9. The molecule has 2 aromatic rings. The highest BCUT2D eigenvalue weighted by Gasteiger charge is 2.21. The maximum absolute atomic E-state index is 12.4. The Morgan fingerprint density at radius 2 is 1.79 bits per heavy atom. The van der Waals surface area contributed by atoms with E-state index in [-0.39, 0.29) is 23.1 Å². The summed E-state index contributed by atoms with van der Waals surface area (Å²) >= 11 is 0. The van der Waals surface area contributed by atoms with E-state index >= 15 is 0 Å². The predicted octanol–water partition coefficient (Wildman–Crippen LogP) is 2.88. The topological polar surface area (TPSA) is 75.9 Å². The summed E-state index contributed by atoms with van der Waals surface area (Å²) in [5.74, 6) is 0.685. The van der Waals surface area contributed by atoms with E-state index < -0.39 is 0 Å². The fourth-order valence-corrected chi connectivity index (χ4v) is 3.24. The standard InChI is InChI=1S/C21H25N3O4/c1-2-17-6-8-20(9-7-17)28-16-21(25)23-12-10-22(11-13-23)15-18-4-3-5-19(14-18)24(26)27/h3-9,14H,2,10-13,15-16H2,1H3. The van der Waals surface area contributed by atoms with Crippen molar-refractivity contribution in [2.75, 3.05) is 32.8 Å². The van der Waals surface area contributed by atoms with Gasteiger partial charge in [-0.15, -0.1) is 0 Å². The maximum atomic E-state index is 12.4. The lowest BCUT2D eigenvalue weighted by molar-refractivity contribution is -0.384. The number of nitro benzene ring substituents is 1. The average Bonchev–Trinajstić information content (AvgIpc) is 2.73. The van der Waals surface area contributed by atoms with Gasteiger partial charge in [0.15, 0.2) is 6.61 Å². The van der Waals surface area contributed by atoms with Crippen molar-refractivity contribution >= 4 is 11.6 Å². The van der Waals surface area contributed by atoms with Crippen molar-refractivity contribution in [3.8, 4) is 5.75 Å². The molecule has 7 nitrogen and oxygen atoms in total. The molecule has 1 amide bonds. The third-order valence-corrected chi connectivity index (χ3v) is 4.95. The molecule has 0 aromatic heterocycles. The Bertz CT molecular complexity index is 815. The monoisotopic (exact) mass is 383 g/mol. The van der Waals surface area contributed by atoms with E-state index in [0.717, 1.165) is 25.1 Å². The minimum absolute atomic E-state index is 0.0189. The Balaban J connectivity index is 1.44. The van der Waals surface area contributed by atoms with Crippen LogP contribution in [-0.2, 0) is 17.8 Å². The molecule has 1 fully saturated rings. The van der Waals surface area contributed by atoms with E-state index in [0.29, 0.717) is 25.4 Å². The fraction of sp³-hybridized carbons (Fsp3) is 0.381. The quantitative estimate of drug-likeness (QED) is 0.543. The number of hydrogen-bond acceptors (Lipinski definition) is 5. The smallest absolute Gasteiger partial charge is 0.269 e. The lowest BCUT2D eigenvalue weighted by Crippen LogP contribution is -2.49. The molecule has 0 spiro atoms. The molecule has 1 aliphatic rings. The van der Waals surface area contributed by atoms with Gasteiger partial charge in [-0.2, -0.15) is 0 Å². The summed E-state index contributed by atoms with van der Waals surface area (Å²) < 4.78 is 5.61. The SMILES string of the molecule is CCc1ccc(OCC(=O)N2CCN(Cc3cccc([N+](=O)[O-])c3)CC2)cc1. The van der Waals surface area contributed by atoms with E-state index in [9.17, 15) is 14.9 Å². The minimum Gasteiger partial charge on any atom is -0.484 e. The molecule has 0 aliphatic carbocycles. The van der Waals surface area contributed by atoms with E-state index in [2.05, 4.69) is 11.8 Å². The van der Waals surface area contributed by atoms with Crippen LogP contribution in [0, 0.1) is 10.1 Å². The van der Waals surface area contributed by atoms with Crippen molar-refractivity contribution in [1.29, 1.82) is 0 Å². The molecule has 2 aromatic carbocycles. The van der Waals surface area contributed by atoms with Gasteiger partial charge in [0.05, 0.1) is 4.92 Å². The lowest BCUT2D eigenvalue weighted by atomic mass is 10.1. The third-order valence-electron chi connectivity index (χ3n) is 4.95. The molecule has 1 aliphatic heterocycles. The van der Waals surface area contributed by atoms with Crippen molar-refractivity contribution < 1.29 is 14.5 Å². The Hall–Kier alpha value is -2.93. The highest BCUT2D eigenvalue weighted by atomic mass is 16.6. The van der Waals surface area contributed by atoms with Crippen LogP contribution < -0.4 is 4.74 Å². The minimum atomic E-state index is -0.379. The summed E-state index contributed by atoms with van der Waals surface area (Å²) in [7, 11) is 0. The number of carbonyl (C=O) groups excluding carboxylic acids is 1. The van der Waals surface area contributed by atoms with Gasteiger partial charge in [0, 0.05) is 44.9 Å². The van der Waals surface area contributed by atoms with Gasteiger partial charge in [0.2, 0.25) is 0 Å². The zero-order valence-electron chi connectivity index (χ0n) is 16.0. The van der Waals surface area contributed by atoms with Crippen LogP contribution in [0.15, 0.2) is 48.5 Å². The molecule has 0 radical (unpaired) electrons. The number of carbonyl (C=O) groups is 1. The molecule has 28 heavy (non-hydrogen) atoms. The van der Waals surface area contributed by atoms with Crippen LogP contribution in [-0.4, -0.2) is 53.4 Å². The first-order chi connectivity index (χ1) is 13.5. The number of hydrogen-bond donors (Lipinski definition) is 0. The second kappa shape index (κ2) is 9.32. The Morgan fingerprint density at radius 1 is 1.07 bits per heavy atom. The van der Waals surface area contributed by atoms with E-state index in [1.165, 1.54) is 11.6 Å². The predicted molar refractivity (Wildman–Crippen MR) is 106 cm³/mol. The van der Waals surface area contributed by atoms with Crippen LogP contribution in [0.5, 0.6) is 5.75 Å². The summed E-state index contributed by atoms with van der Waals surface area (Å²) in [6.45, 7) is 5.51. The molecule has 0 N–H and O–H groups in total. The highest BCUT2D eigenvalue weighted by molar-refractivity contribution is 5.77. The van der Waals surface area contributed by atoms with Crippen molar-refractivity contribution in [2.45, 2.75) is 19.9 Å². The lowest BCUT2D eigenvalue weighted by Gasteiger charge is -2.34. The molecular weight excluding hydrogens is 358 g/mol. The number of benzene rings is 2. The van der Waals surface area contributed by atoms with E-state index in [1.54, 1.807) is 12.1 Å². The fourth-order valence-electron chi connectivity index (χ4n) is 3.24. The summed E-state index contributed by atoms with van der Waals surface area (Å²) in [6, 6.07) is 14.5. The number of piperazine rings is 1. The molecule has 0 saturated carbocycles. The number of nitrogens with zero attached hydrogens (tertiary/aromatic N) is 3. The van der Waals surface area contributed by atoms with Gasteiger partial charge in [0.25, 0.3) is 11.6 Å². The zero-order chi connectivity index (χ0) is 19.9. The molecule has 7 heteroatoms. The maximum Gasteiger partial charge on any atom is 0.269 e. The van der Waals surface area contributed by atoms with Gasteiger partial charge in [-0.3, -0.25) is 19.8 Å². The number of non-ortho nitro benzene ring substituents is 1. The summed E-state index contributed by atoms with van der Waals surface area (Å²) in [5.41, 5.74) is 2.25. The molecule has 0 bridgehead atoms. The molecule has 0 unspecified atom stereocenters. The first-order valence-corrected chi connectivity index (χ1v) is 9.50. The molecule has 148 valence electrons. The summed E-state index contributed by atoms with van der Waals surface area (Å²) in [6.07, 6.45) is 0.972. The Kier molecular flexibility index (Phi) is 6.60. The van der Waals surface area contributed by atoms with Gasteiger partial charge in [0.1, 0.15) is 5.75 Å². The molecule has 1 saturated heterocycles. The number of ether oxygens (including phenoxy) is 1. The molecule has 0 atom stereocenters. The number of nitro groups is 1. The van der Waals surface area contributed by atoms with Crippen LogP contribution in [0.1, 0.15) is 18.1 Å². The zero-order valence-corrected chi connectivity index (χ0v) is 16.0. The number of amides is 1. The average molecular weight is 383 g/mol. The molecular formula is C21H25N3O4. The number of rotatable bonds is 7. The van der Waals surface area contributed by atoms with Crippen LogP contribution in [0.3, 0.4) is 0 Å². The van der Waals surface area contributed by atoms with Gasteiger partial charge >= 0.3 is 0 Å². The normalized spacial score (nSPS) is 14.7. The molecule has 1 heterocycles. The summed E-state index contributed by atoms with van der Waals surface area (Å²) in [5, 5.41) is 10.9. The van der Waals surface area contributed by atoms with Crippen molar-refractivity contribution in [3.63, 3.8) is 0 Å². The first kappa shape index (κ1) is 19.8. The Morgan fingerprint density at radius 3 is 2.43 bits per heavy atom. The second-order valence-corrected chi connectivity index (χ2v) is 6.87. The van der Waals surface area contributed by atoms with Gasteiger partial charge in [-0.1, -0.05) is 31.2 Å². The first-order valence-electron chi connectivity index (χ1n) is 9.50.